The number of pyridine rings is 1. The number of hydrogen-bond donors (Lipinski definition) is 0. The van der Waals surface area contributed by atoms with E-state index in [1.807, 2.05) is 0 Å². The van der Waals surface area contributed by atoms with Crippen molar-refractivity contribution < 1.29 is 4.39 Å². The van der Waals surface area contributed by atoms with Gasteiger partial charge in [-0.1, -0.05) is 53.7 Å². The number of fused-ring (bicyclic) bond motifs is 1. The zero-order valence-corrected chi connectivity index (χ0v) is 17.6. The Hall–Kier alpha value is -1.22. The fourth-order valence-electron chi connectivity index (χ4n) is 4.22. The minimum Gasteiger partial charge on any atom is -0.252 e. The first-order chi connectivity index (χ1) is 11.5. The molecule has 0 radical (unpaired) electrons. The predicted octanol–water partition coefficient (Wildman–Crippen LogP) is 7.11. The number of allylic oxidation sites excluding steroid dienone is 6. The molecule has 1 nitrogen and oxygen atoms in total. The largest absolute Gasteiger partial charge is 0.252 e. The SMILES string of the molecule is CC1(C)C2=C/CC/C=C(c3ncc(Br)cc3F)/C=C\2C(C)(C)C1(C)C. The van der Waals surface area contributed by atoms with E-state index < -0.39 is 0 Å². The third-order valence-electron chi connectivity index (χ3n) is 7.02. The maximum Gasteiger partial charge on any atom is 0.150 e. The molecule has 0 aromatic carbocycles. The Kier molecular flexibility index (Phi) is 4.39. The summed E-state index contributed by atoms with van der Waals surface area (Å²) in [4.78, 5) is 4.35. The zero-order chi connectivity index (χ0) is 18.6. The molecule has 1 saturated carbocycles. The summed E-state index contributed by atoms with van der Waals surface area (Å²) in [6.07, 6.45) is 10.2. The highest BCUT2D eigenvalue weighted by atomic mass is 79.9. The van der Waals surface area contributed by atoms with Gasteiger partial charge in [0.25, 0.3) is 0 Å². The maximum atomic E-state index is 14.5. The smallest absolute Gasteiger partial charge is 0.150 e. The molecule has 0 unspecified atom stereocenters. The summed E-state index contributed by atoms with van der Waals surface area (Å²) in [5.74, 6) is -0.280. The summed E-state index contributed by atoms with van der Waals surface area (Å²) in [5, 5.41) is 0. The number of rotatable bonds is 1. The van der Waals surface area contributed by atoms with Crippen LogP contribution in [0.5, 0.6) is 0 Å². The lowest BCUT2D eigenvalue weighted by atomic mass is 9.60. The molecule has 0 spiro atoms. The summed E-state index contributed by atoms with van der Waals surface area (Å²) in [6.45, 7) is 14.0. The number of nitrogens with zero attached hydrogens (tertiary/aromatic N) is 1. The zero-order valence-electron chi connectivity index (χ0n) is 16.0. The molecule has 3 rings (SSSR count). The van der Waals surface area contributed by atoms with Gasteiger partial charge in [0, 0.05) is 10.7 Å². The van der Waals surface area contributed by atoms with Crippen LogP contribution in [0.25, 0.3) is 5.57 Å². The number of aromatic nitrogens is 1. The van der Waals surface area contributed by atoms with E-state index in [1.165, 1.54) is 17.2 Å². The summed E-state index contributed by atoms with van der Waals surface area (Å²) >= 11 is 3.29. The minimum absolute atomic E-state index is 0.00932. The highest BCUT2D eigenvalue weighted by Gasteiger charge is 2.58. The molecule has 0 bridgehead atoms. The van der Waals surface area contributed by atoms with Crippen molar-refractivity contribution in [1.82, 2.24) is 4.98 Å². The minimum atomic E-state index is -0.280. The molecule has 1 aromatic rings. The molecular weight excluding hydrogens is 377 g/mol. The van der Waals surface area contributed by atoms with Gasteiger partial charge in [0.1, 0.15) is 5.69 Å². The van der Waals surface area contributed by atoms with E-state index in [9.17, 15) is 4.39 Å². The van der Waals surface area contributed by atoms with Crippen LogP contribution in [0.2, 0.25) is 0 Å². The Bertz CT molecular complexity index is 809. The van der Waals surface area contributed by atoms with Crippen molar-refractivity contribution in [2.75, 3.05) is 0 Å². The fraction of sp³-hybridized carbons (Fsp3) is 0.500. The molecule has 0 saturated heterocycles. The first-order valence-corrected chi connectivity index (χ1v) is 9.74. The second-order valence-electron chi connectivity index (χ2n) is 8.77. The Balaban J connectivity index is 2.21. The van der Waals surface area contributed by atoms with Crippen LogP contribution in [0.4, 0.5) is 4.39 Å². The molecule has 1 heterocycles. The molecular formula is C22H27BrFN. The van der Waals surface area contributed by atoms with Gasteiger partial charge in [-0.2, -0.15) is 0 Å². The van der Waals surface area contributed by atoms with Gasteiger partial charge >= 0.3 is 0 Å². The van der Waals surface area contributed by atoms with Crippen LogP contribution >= 0.6 is 15.9 Å². The molecule has 2 aliphatic carbocycles. The molecule has 25 heavy (non-hydrogen) atoms. The van der Waals surface area contributed by atoms with Crippen LogP contribution in [0.3, 0.4) is 0 Å². The van der Waals surface area contributed by atoms with Crippen molar-refractivity contribution in [2.24, 2.45) is 16.2 Å². The van der Waals surface area contributed by atoms with Gasteiger partial charge in [0.05, 0.1) is 0 Å². The van der Waals surface area contributed by atoms with Crippen LogP contribution in [0.1, 0.15) is 60.1 Å². The Morgan fingerprint density at radius 1 is 0.960 bits per heavy atom. The molecule has 0 N–H and O–H groups in total. The summed E-state index contributed by atoms with van der Waals surface area (Å²) < 4.78 is 15.2. The van der Waals surface area contributed by atoms with Gasteiger partial charge in [-0.05, 0) is 73.9 Å². The van der Waals surface area contributed by atoms with Crippen molar-refractivity contribution in [3.8, 4) is 0 Å². The summed E-state index contributed by atoms with van der Waals surface area (Å²) in [5.41, 5.74) is 4.21. The second kappa shape index (κ2) is 5.90. The topological polar surface area (TPSA) is 12.9 Å². The van der Waals surface area contributed by atoms with Gasteiger partial charge < -0.3 is 0 Å². The first-order valence-electron chi connectivity index (χ1n) is 8.95. The van der Waals surface area contributed by atoms with E-state index in [-0.39, 0.29) is 22.1 Å². The predicted molar refractivity (Wildman–Crippen MR) is 107 cm³/mol. The normalized spacial score (nSPS) is 30.0. The molecule has 2 aliphatic rings. The molecule has 134 valence electrons. The van der Waals surface area contributed by atoms with E-state index in [0.29, 0.717) is 10.2 Å². The highest BCUT2D eigenvalue weighted by Crippen LogP contribution is 2.67. The van der Waals surface area contributed by atoms with Crippen molar-refractivity contribution >= 4 is 21.5 Å². The molecule has 1 fully saturated rings. The standard InChI is InChI=1S/C22H27BrFN/c1-20(2)16-10-8-7-9-14(19-18(24)12-15(23)13-25-19)11-17(16)21(3,4)22(20,5)6/h9-13H,7-8H2,1-6H3/b14-9-,16-10+,17-11+. The molecule has 0 atom stereocenters. The van der Waals surface area contributed by atoms with Gasteiger partial charge in [-0.15, -0.1) is 0 Å². The monoisotopic (exact) mass is 403 g/mol. The van der Waals surface area contributed by atoms with Crippen LogP contribution in [-0.4, -0.2) is 4.98 Å². The van der Waals surface area contributed by atoms with E-state index >= 15 is 0 Å². The maximum absolute atomic E-state index is 14.5. The van der Waals surface area contributed by atoms with Crippen molar-refractivity contribution in [1.29, 1.82) is 0 Å². The quantitative estimate of drug-likeness (QED) is 0.486. The lowest BCUT2D eigenvalue weighted by Crippen LogP contribution is -2.37. The Morgan fingerprint density at radius 2 is 1.56 bits per heavy atom. The van der Waals surface area contributed by atoms with Crippen LogP contribution in [0.15, 0.2) is 46.1 Å². The van der Waals surface area contributed by atoms with Crippen molar-refractivity contribution in [3.05, 3.63) is 57.6 Å². The third kappa shape index (κ3) is 2.66. The van der Waals surface area contributed by atoms with E-state index in [1.54, 1.807) is 6.20 Å². The highest BCUT2D eigenvalue weighted by molar-refractivity contribution is 9.10. The first kappa shape index (κ1) is 18.6. The average molecular weight is 404 g/mol. The lowest BCUT2D eigenvalue weighted by molar-refractivity contribution is 0.0751. The Morgan fingerprint density at radius 3 is 2.20 bits per heavy atom. The lowest BCUT2D eigenvalue weighted by Gasteiger charge is -2.43. The van der Waals surface area contributed by atoms with Gasteiger partial charge in [-0.25, -0.2) is 4.39 Å². The molecule has 0 amide bonds. The van der Waals surface area contributed by atoms with E-state index in [2.05, 4.69) is 80.7 Å². The van der Waals surface area contributed by atoms with Crippen LogP contribution in [0, 0.1) is 22.1 Å². The van der Waals surface area contributed by atoms with E-state index in [4.69, 9.17) is 0 Å². The van der Waals surface area contributed by atoms with Crippen molar-refractivity contribution in [2.45, 2.75) is 54.4 Å². The molecule has 1 aromatic heterocycles. The third-order valence-corrected chi connectivity index (χ3v) is 7.46. The van der Waals surface area contributed by atoms with Crippen LogP contribution < -0.4 is 0 Å². The summed E-state index contributed by atoms with van der Waals surface area (Å²) in [7, 11) is 0. The molecule has 0 aliphatic heterocycles. The number of halogens is 2. The van der Waals surface area contributed by atoms with Crippen molar-refractivity contribution in [3.63, 3.8) is 0 Å². The summed E-state index contributed by atoms with van der Waals surface area (Å²) in [6, 6.07) is 1.49. The Labute approximate surface area is 159 Å². The second-order valence-corrected chi connectivity index (χ2v) is 9.69. The number of hydrogen-bond acceptors (Lipinski definition) is 1. The molecule has 3 heteroatoms. The van der Waals surface area contributed by atoms with Gasteiger partial charge in [0.15, 0.2) is 5.82 Å². The van der Waals surface area contributed by atoms with Crippen LogP contribution in [-0.2, 0) is 0 Å². The van der Waals surface area contributed by atoms with Gasteiger partial charge in [0.2, 0.25) is 0 Å². The van der Waals surface area contributed by atoms with E-state index in [0.717, 1.165) is 18.4 Å². The fourth-order valence-corrected chi connectivity index (χ4v) is 4.53. The van der Waals surface area contributed by atoms with Gasteiger partial charge in [-0.3, -0.25) is 4.98 Å². The average Bonchev–Trinajstić information content (AvgIpc) is 2.55.